The Morgan fingerprint density at radius 1 is 1.24 bits per heavy atom. The van der Waals surface area contributed by atoms with Crippen molar-refractivity contribution < 1.29 is 18.7 Å². The Labute approximate surface area is 209 Å². The molecule has 0 unspecified atom stereocenters. The van der Waals surface area contributed by atoms with Gasteiger partial charge >= 0.3 is 5.97 Å². The Hall–Kier alpha value is -2.00. The monoisotopic (exact) mass is 580 g/mol. The van der Waals surface area contributed by atoms with E-state index in [1.165, 1.54) is 13.2 Å². The highest BCUT2D eigenvalue weighted by Gasteiger charge is 2.55. The van der Waals surface area contributed by atoms with Gasteiger partial charge in [-0.2, -0.15) is 5.10 Å². The van der Waals surface area contributed by atoms with Gasteiger partial charge in [-0.15, -0.1) is 0 Å². The average Bonchev–Trinajstić information content (AvgIpc) is 3.15. The lowest BCUT2D eigenvalue weighted by atomic mass is 9.47. The maximum Gasteiger partial charge on any atom is 0.308 e. The number of benzene rings is 2. The maximum absolute atomic E-state index is 14.0. The third-order valence-corrected chi connectivity index (χ3v) is 8.38. The van der Waals surface area contributed by atoms with Gasteiger partial charge in [0.15, 0.2) is 5.78 Å². The summed E-state index contributed by atoms with van der Waals surface area (Å²) in [7, 11) is 1.43. The highest BCUT2D eigenvalue weighted by atomic mass is 127. The smallest absolute Gasteiger partial charge is 0.308 e. The van der Waals surface area contributed by atoms with Crippen molar-refractivity contribution in [1.82, 2.24) is 9.78 Å². The zero-order valence-corrected chi connectivity index (χ0v) is 21.0. The summed E-state index contributed by atoms with van der Waals surface area (Å²) in [5.74, 6) is 0.00982. The Balaban J connectivity index is 1.33. The summed E-state index contributed by atoms with van der Waals surface area (Å²) in [5.41, 5.74) is 2.27. The van der Waals surface area contributed by atoms with E-state index in [0.717, 1.165) is 36.6 Å². The number of nitrogens with zero attached hydrogens (tertiary/aromatic N) is 2. The van der Waals surface area contributed by atoms with Crippen LogP contribution >= 0.6 is 34.2 Å². The Morgan fingerprint density at radius 3 is 2.70 bits per heavy atom. The number of aromatic nitrogens is 2. The van der Waals surface area contributed by atoms with Crippen LogP contribution in [0.5, 0.6) is 0 Å². The third kappa shape index (κ3) is 4.18. The molecule has 172 valence electrons. The number of carbonyl (C=O) groups excluding carboxylic acids is 2. The van der Waals surface area contributed by atoms with Gasteiger partial charge in [-0.05, 0) is 89.4 Å². The summed E-state index contributed by atoms with van der Waals surface area (Å²) in [4.78, 5) is 25.0. The molecule has 2 aliphatic carbocycles. The molecule has 1 spiro atoms. The fourth-order valence-corrected chi connectivity index (χ4v) is 6.20. The Bertz CT molecular complexity index is 1260. The van der Waals surface area contributed by atoms with E-state index in [0.29, 0.717) is 38.6 Å². The number of rotatable bonds is 6. The number of ether oxygens (including phenoxy) is 1. The SMILES string of the molecule is COC(=O)C1CC2(CC(CC(=O)c3ccc(Cl)c4cnn(Cc5ccc(I)c(F)c5)c34)C2)C1. The average molecular weight is 581 g/mol. The summed E-state index contributed by atoms with van der Waals surface area (Å²) >= 11 is 8.35. The van der Waals surface area contributed by atoms with Crippen molar-refractivity contribution in [1.29, 1.82) is 0 Å². The molecule has 33 heavy (non-hydrogen) atoms. The quantitative estimate of drug-likeness (QED) is 0.203. The molecule has 5 rings (SSSR count). The summed E-state index contributed by atoms with van der Waals surface area (Å²) in [6.07, 6.45) is 5.82. The molecule has 8 heteroatoms. The van der Waals surface area contributed by atoms with Gasteiger partial charge in [-0.1, -0.05) is 17.7 Å². The van der Waals surface area contributed by atoms with Gasteiger partial charge in [0.1, 0.15) is 5.82 Å². The third-order valence-electron chi connectivity index (χ3n) is 7.18. The van der Waals surface area contributed by atoms with E-state index in [2.05, 4.69) is 5.10 Å². The lowest BCUT2D eigenvalue weighted by molar-refractivity contribution is -0.161. The van der Waals surface area contributed by atoms with Crippen LogP contribution in [0, 0.1) is 26.6 Å². The van der Waals surface area contributed by atoms with Gasteiger partial charge in [0.25, 0.3) is 0 Å². The van der Waals surface area contributed by atoms with Gasteiger partial charge in [0.05, 0.1) is 36.3 Å². The molecule has 2 saturated carbocycles. The number of fused-ring (bicyclic) bond motifs is 1. The Morgan fingerprint density at radius 2 is 2.00 bits per heavy atom. The van der Waals surface area contributed by atoms with Gasteiger partial charge in [-0.25, -0.2) is 4.39 Å². The van der Waals surface area contributed by atoms with Crippen LogP contribution < -0.4 is 0 Å². The topological polar surface area (TPSA) is 61.2 Å². The molecule has 2 aromatic carbocycles. The van der Waals surface area contributed by atoms with Gasteiger partial charge in [0.2, 0.25) is 0 Å². The summed E-state index contributed by atoms with van der Waals surface area (Å²) in [6, 6.07) is 8.59. The number of Topliss-reactive ketones (excluding diaryl/α,β-unsaturated/α-hetero) is 1. The molecule has 1 heterocycles. The number of halogens is 3. The zero-order chi connectivity index (χ0) is 23.3. The molecule has 2 fully saturated rings. The molecule has 5 nitrogen and oxygen atoms in total. The first-order valence-electron chi connectivity index (χ1n) is 11.0. The van der Waals surface area contributed by atoms with E-state index in [4.69, 9.17) is 16.3 Å². The number of ketones is 1. The van der Waals surface area contributed by atoms with Crippen molar-refractivity contribution in [2.45, 2.75) is 38.6 Å². The highest BCUT2D eigenvalue weighted by Crippen LogP contribution is 2.62. The molecular weight excluding hydrogens is 558 g/mol. The number of carbonyl (C=O) groups is 2. The first-order chi connectivity index (χ1) is 15.8. The van der Waals surface area contributed by atoms with Crippen LogP contribution in [0.1, 0.15) is 48.0 Å². The lowest BCUT2D eigenvalue weighted by Crippen LogP contribution is -2.50. The van der Waals surface area contributed by atoms with E-state index in [-0.39, 0.29) is 28.9 Å². The van der Waals surface area contributed by atoms with Crippen LogP contribution in [0.25, 0.3) is 10.9 Å². The molecule has 0 amide bonds. The molecule has 0 atom stereocenters. The van der Waals surface area contributed by atoms with Crippen LogP contribution in [0.15, 0.2) is 36.5 Å². The van der Waals surface area contributed by atoms with Crippen molar-refractivity contribution in [3.8, 4) is 0 Å². The Kier molecular flexibility index (Phi) is 5.97. The van der Waals surface area contributed by atoms with Crippen LogP contribution in [0.2, 0.25) is 5.02 Å². The van der Waals surface area contributed by atoms with Gasteiger partial charge < -0.3 is 4.74 Å². The first-order valence-corrected chi connectivity index (χ1v) is 12.4. The van der Waals surface area contributed by atoms with Crippen molar-refractivity contribution in [3.63, 3.8) is 0 Å². The van der Waals surface area contributed by atoms with Gasteiger partial charge in [-0.3, -0.25) is 14.3 Å². The second-order valence-electron chi connectivity index (χ2n) is 9.44. The second kappa shape index (κ2) is 8.65. The molecule has 0 N–H and O–H groups in total. The van der Waals surface area contributed by atoms with E-state index < -0.39 is 0 Å². The largest absolute Gasteiger partial charge is 0.469 e. The molecule has 2 aliphatic rings. The van der Waals surface area contributed by atoms with E-state index in [9.17, 15) is 14.0 Å². The van der Waals surface area contributed by atoms with Crippen LogP contribution in [-0.2, 0) is 16.1 Å². The molecule has 0 bridgehead atoms. The maximum atomic E-state index is 14.0. The molecule has 3 aromatic rings. The predicted octanol–water partition coefficient (Wildman–Crippen LogP) is 6.03. The minimum Gasteiger partial charge on any atom is -0.469 e. The van der Waals surface area contributed by atoms with Crippen LogP contribution in [0.4, 0.5) is 4.39 Å². The van der Waals surface area contributed by atoms with E-state index in [1.807, 2.05) is 28.7 Å². The second-order valence-corrected chi connectivity index (χ2v) is 11.0. The first kappa shape index (κ1) is 22.8. The fourth-order valence-electron chi connectivity index (χ4n) is 5.66. The fraction of sp³-hybridized carbons (Fsp3) is 0.400. The normalized spacial score (nSPS) is 23.9. The van der Waals surface area contributed by atoms with Crippen LogP contribution in [0.3, 0.4) is 0 Å². The number of hydrogen-bond acceptors (Lipinski definition) is 4. The van der Waals surface area contributed by atoms with Crippen molar-refractivity contribution >= 4 is 56.8 Å². The predicted molar refractivity (Wildman–Crippen MR) is 132 cm³/mol. The number of esters is 1. The summed E-state index contributed by atoms with van der Waals surface area (Å²) in [5, 5.41) is 5.71. The molecule has 0 saturated heterocycles. The standard InChI is InChI=1S/C25H23ClFIN2O3/c1-33-24(32)16-10-25(11-16)8-15(9-25)7-22(31)17-3-4-19(26)18-12-29-30(23(17)18)13-14-2-5-21(28)20(27)6-14/h2-6,12,15-16H,7-11,13H2,1H3. The van der Waals surface area contributed by atoms with Crippen molar-refractivity contribution in [2.24, 2.45) is 17.3 Å². The van der Waals surface area contributed by atoms with E-state index in [1.54, 1.807) is 29.1 Å². The zero-order valence-electron chi connectivity index (χ0n) is 18.1. The molecular formula is C25H23ClFIN2O3. The van der Waals surface area contributed by atoms with Crippen molar-refractivity contribution in [2.75, 3.05) is 7.11 Å². The van der Waals surface area contributed by atoms with Crippen LogP contribution in [-0.4, -0.2) is 28.6 Å². The minimum atomic E-state index is -0.275. The summed E-state index contributed by atoms with van der Waals surface area (Å²) < 4.78 is 21.2. The lowest BCUT2D eigenvalue weighted by Gasteiger charge is -2.57. The summed E-state index contributed by atoms with van der Waals surface area (Å²) in [6.45, 7) is 0.347. The molecule has 1 aromatic heterocycles. The van der Waals surface area contributed by atoms with Crippen molar-refractivity contribution in [3.05, 3.63) is 62.1 Å². The number of hydrogen-bond donors (Lipinski definition) is 0. The minimum absolute atomic E-state index is 0.0167. The van der Waals surface area contributed by atoms with Gasteiger partial charge in [0, 0.05) is 20.9 Å². The number of methoxy groups -OCH3 is 1. The van der Waals surface area contributed by atoms with E-state index >= 15 is 0 Å². The highest BCUT2D eigenvalue weighted by molar-refractivity contribution is 14.1. The molecule has 0 radical (unpaired) electrons. The molecule has 0 aliphatic heterocycles.